The summed E-state index contributed by atoms with van der Waals surface area (Å²) in [5.41, 5.74) is 1.13. The maximum atomic E-state index is 9.18. The number of allylic oxidation sites excluding steroid dienone is 1. The van der Waals surface area contributed by atoms with Crippen LogP contribution < -0.4 is 0 Å². The molecule has 0 unspecified atom stereocenters. The Bertz CT molecular complexity index is 430. The molecule has 1 N–H and O–H groups in total. The lowest BCUT2D eigenvalue weighted by atomic mass is 10.2. The first-order valence-corrected chi connectivity index (χ1v) is 4.80. The zero-order valence-corrected chi connectivity index (χ0v) is 9.00. The van der Waals surface area contributed by atoms with Crippen LogP contribution in [0.1, 0.15) is 12.0 Å². The van der Waals surface area contributed by atoms with Gasteiger partial charge in [0, 0.05) is 0 Å². The predicted molar refractivity (Wildman–Crippen MR) is 61.8 cm³/mol. The molecular formula is C12H13N2O2+. The second-order valence-electron chi connectivity index (χ2n) is 3.07. The van der Waals surface area contributed by atoms with Crippen molar-refractivity contribution in [3.05, 3.63) is 58.6 Å². The third-order valence-electron chi connectivity index (χ3n) is 1.98. The topological polar surface area (TPSA) is 57.6 Å². The lowest BCUT2D eigenvalue weighted by Gasteiger charge is -1.91. The molecule has 0 fully saturated rings. The van der Waals surface area contributed by atoms with Crippen molar-refractivity contribution in [1.29, 1.82) is 5.39 Å². The summed E-state index contributed by atoms with van der Waals surface area (Å²) in [5, 5.41) is 17.8. The van der Waals surface area contributed by atoms with Crippen molar-refractivity contribution in [2.24, 2.45) is 0 Å². The molecule has 0 saturated carbocycles. The maximum Gasteiger partial charge on any atom is 0.444 e. The summed E-state index contributed by atoms with van der Waals surface area (Å²) >= 11 is 0. The quantitative estimate of drug-likeness (QED) is 0.621. The van der Waals surface area contributed by atoms with Crippen LogP contribution in [0, 0.1) is 5.39 Å². The van der Waals surface area contributed by atoms with Crippen LogP contribution in [0.3, 0.4) is 0 Å². The van der Waals surface area contributed by atoms with Gasteiger partial charge in [-0.2, -0.15) is 0 Å². The number of benzene rings is 1. The molecule has 1 aromatic carbocycles. The average molecular weight is 217 g/mol. The molecule has 0 aromatic heterocycles. The average Bonchev–Trinajstić information content (AvgIpc) is 2.35. The normalized spacial score (nSPS) is 12.0. The van der Waals surface area contributed by atoms with E-state index < -0.39 is 0 Å². The van der Waals surface area contributed by atoms with Crippen molar-refractivity contribution < 1.29 is 9.84 Å². The molecule has 0 aliphatic rings. The minimum Gasteiger partial charge on any atom is -0.475 e. The van der Waals surface area contributed by atoms with Gasteiger partial charge < -0.3 is 9.84 Å². The van der Waals surface area contributed by atoms with Crippen molar-refractivity contribution in [2.45, 2.75) is 6.42 Å². The van der Waals surface area contributed by atoms with Crippen LogP contribution in [0.15, 0.2) is 48.1 Å². The van der Waals surface area contributed by atoms with Crippen LogP contribution in [-0.2, 0) is 4.74 Å². The first-order chi connectivity index (χ1) is 7.77. The summed E-state index contributed by atoms with van der Waals surface area (Å²) in [6, 6.07) is 9.69. The summed E-state index contributed by atoms with van der Waals surface area (Å²) in [6.07, 6.45) is 3.94. The third-order valence-corrected chi connectivity index (χ3v) is 1.98. The minimum absolute atomic E-state index is 0.0923. The van der Waals surface area contributed by atoms with Gasteiger partial charge in [0.05, 0.1) is 13.5 Å². The second kappa shape index (κ2) is 6.25. The summed E-state index contributed by atoms with van der Waals surface area (Å²) < 4.78 is 4.55. The van der Waals surface area contributed by atoms with Crippen molar-refractivity contribution in [3.63, 3.8) is 0 Å². The molecule has 0 amide bonds. The summed E-state index contributed by atoms with van der Waals surface area (Å²) in [6.45, 7) is 0. The first-order valence-electron chi connectivity index (χ1n) is 4.80. The summed E-state index contributed by atoms with van der Waals surface area (Å²) in [7, 11) is 1.31. The molecule has 4 nitrogen and oxygen atoms in total. The zero-order valence-electron chi connectivity index (χ0n) is 9.00. The fourth-order valence-corrected chi connectivity index (χ4v) is 1.16. The Kier molecular flexibility index (Phi) is 4.61. The number of aliphatic hydroxyl groups excluding tert-OH is 1. The number of methoxy groups -OCH3 is 1. The Morgan fingerprint density at radius 2 is 2.12 bits per heavy atom. The molecule has 0 radical (unpaired) electrons. The highest BCUT2D eigenvalue weighted by molar-refractivity contribution is 5.49. The van der Waals surface area contributed by atoms with Gasteiger partial charge in [-0.1, -0.05) is 42.5 Å². The van der Waals surface area contributed by atoms with Gasteiger partial charge in [0.15, 0.2) is 4.98 Å². The van der Waals surface area contributed by atoms with Crippen LogP contribution in [-0.4, -0.2) is 12.2 Å². The van der Waals surface area contributed by atoms with E-state index in [1.807, 2.05) is 36.4 Å². The highest BCUT2D eigenvalue weighted by Crippen LogP contribution is 2.11. The first kappa shape index (κ1) is 11.8. The number of aliphatic hydroxyl groups is 1. The molecule has 0 atom stereocenters. The van der Waals surface area contributed by atoms with Crippen LogP contribution in [0.25, 0.3) is 11.1 Å². The molecule has 4 heteroatoms. The fraction of sp³-hybridized carbons (Fsp3) is 0.167. The van der Waals surface area contributed by atoms with Crippen LogP contribution in [0.2, 0.25) is 0 Å². The summed E-state index contributed by atoms with van der Waals surface area (Å²) in [4.78, 5) is 2.94. The van der Waals surface area contributed by atoms with Gasteiger partial charge in [0.2, 0.25) is 5.39 Å². The van der Waals surface area contributed by atoms with Gasteiger partial charge in [-0.15, -0.1) is 0 Å². The molecule has 0 aliphatic heterocycles. The van der Waals surface area contributed by atoms with E-state index in [4.69, 9.17) is 5.39 Å². The molecule has 0 heterocycles. The smallest absolute Gasteiger partial charge is 0.444 e. The molecule has 0 bridgehead atoms. The van der Waals surface area contributed by atoms with E-state index >= 15 is 0 Å². The fourth-order valence-electron chi connectivity index (χ4n) is 1.16. The lowest BCUT2D eigenvalue weighted by Crippen LogP contribution is -1.88. The van der Waals surface area contributed by atoms with Gasteiger partial charge in [-0.05, 0) is 5.56 Å². The van der Waals surface area contributed by atoms with Crippen molar-refractivity contribution >= 4 is 6.08 Å². The molecule has 0 saturated heterocycles. The van der Waals surface area contributed by atoms with Gasteiger partial charge in [0.1, 0.15) is 0 Å². The van der Waals surface area contributed by atoms with E-state index in [9.17, 15) is 5.11 Å². The maximum absolute atomic E-state index is 9.18. The van der Waals surface area contributed by atoms with E-state index in [1.165, 1.54) is 7.11 Å². The molecule has 0 spiro atoms. The Hall–Kier alpha value is -2.28. The largest absolute Gasteiger partial charge is 0.475 e. The molecule has 1 rings (SSSR count). The van der Waals surface area contributed by atoms with Gasteiger partial charge in [-0.3, -0.25) is 0 Å². The Balaban J connectivity index is 2.65. The SMILES string of the molecule is CO/C(O)=C(\C/C=C/c1ccccc1)[N+]#N. The molecule has 0 aliphatic carbocycles. The minimum atomic E-state index is -0.375. The number of nitrogens with zero attached hydrogens (tertiary/aromatic N) is 2. The van der Waals surface area contributed by atoms with Crippen molar-refractivity contribution in [2.75, 3.05) is 7.11 Å². The van der Waals surface area contributed by atoms with Crippen LogP contribution >= 0.6 is 0 Å². The highest BCUT2D eigenvalue weighted by atomic mass is 16.6. The van der Waals surface area contributed by atoms with Gasteiger partial charge in [0.25, 0.3) is 0 Å². The van der Waals surface area contributed by atoms with E-state index in [-0.39, 0.29) is 11.6 Å². The summed E-state index contributed by atoms with van der Waals surface area (Å²) in [5.74, 6) is -0.375. The molecular weight excluding hydrogens is 204 g/mol. The van der Waals surface area contributed by atoms with E-state index in [0.717, 1.165) is 5.56 Å². The number of diazo groups is 1. The highest BCUT2D eigenvalue weighted by Gasteiger charge is 2.17. The second-order valence-corrected chi connectivity index (χ2v) is 3.07. The number of rotatable bonds is 4. The Morgan fingerprint density at radius 1 is 1.44 bits per heavy atom. The van der Waals surface area contributed by atoms with E-state index in [2.05, 4.69) is 9.71 Å². The number of hydrogen-bond acceptors (Lipinski definition) is 3. The predicted octanol–water partition coefficient (Wildman–Crippen LogP) is 3.32. The lowest BCUT2D eigenvalue weighted by molar-refractivity contribution is 0.131. The monoisotopic (exact) mass is 217 g/mol. The van der Waals surface area contributed by atoms with Crippen molar-refractivity contribution in [3.8, 4) is 0 Å². The Morgan fingerprint density at radius 3 is 2.69 bits per heavy atom. The number of hydrogen-bond donors (Lipinski definition) is 1. The van der Waals surface area contributed by atoms with Gasteiger partial charge in [-0.25, -0.2) is 0 Å². The number of ether oxygens (including phenoxy) is 1. The zero-order chi connectivity index (χ0) is 11.8. The van der Waals surface area contributed by atoms with Crippen LogP contribution in [0.4, 0.5) is 0 Å². The standard InChI is InChI=1S/C12H12N2O2/c1-16-12(15)11(14-13)9-5-8-10-6-3-2-4-7-10/h2-8H,9H2,1H3/p+1/b8-5+,12-11+. The Labute approximate surface area is 94.1 Å². The molecule has 82 valence electrons. The van der Waals surface area contributed by atoms with Crippen molar-refractivity contribution in [1.82, 2.24) is 0 Å². The molecule has 1 aromatic rings. The van der Waals surface area contributed by atoms with E-state index in [1.54, 1.807) is 6.08 Å². The van der Waals surface area contributed by atoms with Crippen LogP contribution in [0.5, 0.6) is 0 Å². The third kappa shape index (κ3) is 3.46. The van der Waals surface area contributed by atoms with E-state index in [0.29, 0.717) is 6.42 Å². The molecule has 16 heavy (non-hydrogen) atoms. The van der Waals surface area contributed by atoms with Gasteiger partial charge >= 0.3 is 11.6 Å².